The van der Waals surface area contributed by atoms with Gasteiger partial charge in [0, 0.05) is 31.1 Å². The van der Waals surface area contributed by atoms with Gasteiger partial charge in [0.1, 0.15) is 5.82 Å². The van der Waals surface area contributed by atoms with Crippen LogP contribution < -0.4 is 0 Å². The number of halogens is 1. The number of aliphatic hydroxyl groups excluding tert-OH is 1. The molecule has 0 radical (unpaired) electrons. The van der Waals surface area contributed by atoms with Crippen LogP contribution in [0.4, 0.5) is 4.39 Å². The van der Waals surface area contributed by atoms with E-state index in [-0.39, 0.29) is 30.4 Å². The summed E-state index contributed by atoms with van der Waals surface area (Å²) in [6.45, 7) is 5.38. The van der Waals surface area contributed by atoms with Crippen LogP contribution in [0.1, 0.15) is 35.4 Å². The summed E-state index contributed by atoms with van der Waals surface area (Å²) in [7, 11) is -3.63. The number of aryl methyl sites for hydroxylation is 1. The summed E-state index contributed by atoms with van der Waals surface area (Å²) >= 11 is 0. The molecule has 2 aliphatic heterocycles. The van der Waals surface area contributed by atoms with Gasteiger partial charge in [-0.1, -0.05) is 54.6 Å². The van der Waals surface area contributed by atoms with Crippen LogP contribution in [0.25, 0.3) is 11.1 Å². The molecule has 0 aromatic heterocycles. The topological polar surface area (TPSA) is 60.9 Å². The number of rotatable bonds is 5. The molecule has 36 heavy (non-hydrogen) atoms. The van der Waals surface area contributed by atoms with Crippen LogP contribution in [0.3, 0.4) is 0 Å². The summed E-state index contributed by atoms with van der Waals surface area (Å²) in [5.74, 6) is -0.207. The molecule has 0 amide bonds. The second kappa shape index (κ2) is 10.1. The summed E-state index contributed by atoms with van der Waals surface area (Å²) in [6, 6.07) is 20.3. The highest BCUT2D eigenvalue weighted by molar-refractivity contribution is 7.89. The first kappa shape index (κ1) is 25.1. The van der Waals surface area contributed by atoms with Gasteiger partial charge in [-0.25, -0.2) is 12.8 Å². The Hall–Kier alpha value is -2.58. The molecule has 2 saturated heterocycles. The molecular weight excluding hydrogens is 475 g/mol. The lowest BCUT2D eigenvalue weighted by Gasteiger charge is -2.57. The van der Waals surface area contributed by atoms with Gasteiger partial charge in [-0.2, -0.15) is 4.31 Å². The molecule has 5 nitrogen and oxygen atoms in total. The Labute approximate surface area is 213 Å². The fourth-order valence-corrected chi connectivity index (χ4v) is 7.64. The molecule has 2 heterocycles. The van der Waals surface area contributed by atoms with Crippen molar-refractivity contribution in [2.24, 2.45) is 0 Å². The molecule has 0 spiro atoms. The average molecular weight is 509 g/mol. The van der Waals surface area contributed by atoms with E-state index in [4.69, 9.17) is 0 Å². The van der Waals surface area contributed by atoms with Gasteiger partial charge in [-0.15, -0.1) is 0 Å². The minimum Gasteiger partial charge on any atom is -0.395 e. The number of aliphatic hydroxyl groups is 1. The van der Waals surface area contributed by atoms with Crippen molar-refractivity contribution in [3.8, 4) is 11.1 Å². The highest BCUT2D eigenvalue weighted by atomic mass is 32.2. The second-order valence-electron chi connectivity index (χ2n) is 9.95. The third-order valence-electron chi connectivity index (χ3n) is 7.92. The first-order valence-electron chi connectivity index (χ1n) is 12.6. The van der Waals surface area contributed by atoms with Crippen molar-refractivity contribution >= 4 is 10.0 Å². The minimum absolute atomic E-state index is 0.0111. The Morgan fingerprint density at radius 2 is 1.67 bits per heavy atom. The zero-order chi connectivity index (χ0) is 25.4. The van der Waals surface area contributed by atoms with E-state index in [1.807, 2.05) is 49.4 Å². The van der Waals surface area contributed by atoms with E-state index < -0.39 is 10.0 Å². The predicted molar refractivity (Wildman–Crippen MR) is 140 cm³/mol. The van der Waals surface area contributed by atoms with E-state index in [9.17, 15) is 17.9 Å². The Morgan fingerprint density at radius 3 is 2.39 bits per heavy atom. The first-order chi connectivity index (χ1) is 17.3. The lowest BCUT2D eigenvalue weighted by Crippen LogP contribution is -2.67. The maximum Gasteiger partial charge on any atom is 0.243 e. The Morgan fingerprint density at radius 1 is 0.944 bits per heavy atom. The monoisotopic (exact) mass is 508 g/mol. The molecule has 3 aromatic rings. The fourth-order valence-electron chi connectivity index (χ4n) is 5.92. The quantitative estimate of drug-likeness (QED) is 0.542. The van der Waals surface area contributed by atoms with Gasteiger partial charge in [-0.3, -0.25) is 4.90 Å². The zero-order valence-corrected chi connectivity index (χ0v) is 21.6. The number of nitrogens with zero attached hydrogens (tertiary/aromatic N) is 2. The van der Waals surface area contributed by atoms with Crippen LogP contribution in [0, 0.1) is 19.7 Å². The van der Waals surface area contributed by atoms with Crippen LogP contribution in [-0.4, -0.2) is 61.1 Å². The third-order valence-corrected chi connectivity index (χ3v) is 9.94. The Balaban J connectivity index is 1.44. The molecule has 3 aromatic carbocycles. The van der Waals surface area contributed by atoms with Crippen molar-refractivity contribution in [3.05, 3.63) is 89.2 Å². The number of fused-ring (bicyclic) bond motifs is 1. The van der Waals surface area contributed by atoms with E-state index in [2.05, 4.69) is 4.90 Å². The summed E-state index contributed by atoms with van der Waals surface area (Å²) in [4.78, 5) is 2.64. The van der Waals surface area contributed by atoms with E-state index in [1.165, 1.54) is 6.07 Å². The molecule has 3 atom stereocenters. The van der Waals surface area contributed by atoms with Gasteiger partial charge >= 0.3 is 0 Å². The van der Waals surface area contributed by atoms with Crippen molar-refractivity contribution in [3.63, 3.8) is 0 Å². The molecule has 0 saturated carbocycles. The number of benzene rings is 3. The van der Waals surface area contributed by atoms with E-state index in [0.29, 0.717) is 23.5 Å². The highest BCUT2D eigenvalue weighted by Crippen LogP contribution is 2.43. The molecule has 5 rings (SSSR count). The number of sulfonamides is 1. The van der Waals surface area contributed by atoms with E-state index in [0.717, 1.165) is 41.6 Å². The maximum atomic E-state index is 14.1. The van der Waals surface area contributed by atoms with Gasteiger partial charge in [0.15, 0.2) is 0 Å². The molecule has 190 valence electrons. The summed E-state index contributed by atoms with van der Waals surface area (Å²) in [5, 5.41) is 10.2. The lowest BCUT2D eigenvalue weighted by atomic mass is 9.74. The fraction of sp³-hybridized carbons (Fsp3) is 0.379. The second-order valence-corrected chi connectivity index (χ2v) is 11.9. The van der Waals surface area contributed by atoms with Crippen LogP contribution >= 0.6 is 0 Å². The molecule has 1 N–H and O–H groups in total. The summed E-state index contributed by atoms with van der Waals surface area (Å²) < 4.78 is 43.0. The van der Waals surface area contributed by atoms with Crippen molar-refractivity contribution in [2.75, 3.05) is 26.2 Å². The van der Waals surface area contributed by atoms with Gasteiger partial charge in [-0.05, 0) is 73.2 Å². The smallest absolute Gasteiger partial charge is 0.243 e. The largest absolute Gasteiger partial charge is 0.395 e. The average Bonchev–Trinajstić information content (AvgIpc) is 2.85. The molecule has 0 aliphatic carbocycles. The molecule has 3 unspecified atom stereocenters. The molecule has 2 aliphatic rings. The van der Waals surface area contributed by atoms with Crippen LogP contribution in [0.5, 0.6) is 0 Å². The normalized spacial score (nSPS) is 23.4. The van der Waals surface area contributed by atoms with Gasteiger partial charge < -0.3 is 5.11 Å². The molecule has 7 heteroatoms. The van der Waals surface area contributed by atoms with Crippen LogP contribution in [0.2, 0.25) is 0 Å². The zero-order valence-electron chi connectivity index (χ0n) is 20.8. The Kier molecular flexibility index (Phi) is 7.01. The van der Waals surface area contributed by atoms with Crippen LogP contribution in [0.15, 0.2) is 71.6 Å². The van der Waals surface area contributed by atoms with Gasteiger partial charge in [0.25, 0.3) is 0 Å². The maximum absolute atomic E-state index is 14.1. The van der Waals surface area contributed by atoms with Gasteiger partial charge in [0.2, 0.25) is 10.0 Å². The van der Waals surface area contributed by atoms with Crippen molar-refractivity contribution in [2.45, 2.75) is 49.6 Å². The first-order valence-corrected chi connectivity index (χ1v) is 14.0. The number of hydrogen-bond acceptors (Lipinski definition) is 4. The molecule has 2 fully saturated rings. The third kappa shape index (κ3) is 4.39. The SMILES string of the molecule is Cc1ccccc1S(=O)(=O)N1CCCCN2C(CO)C(c3ccc(-c4cccc(F)c4C)cc3)C2C1. The van der Waals surface area contributed by atoms with E-state index in [1.54, 1.807) is 29.4 Å². The standard InChI is InChI=1S/C29H33FN2O3S/c1-20-8-3-4-11-28(20)36(34,35)31-16-5-6-17-32-26(18-31)29(27(32)19-33)23-14-12-22(13-15-23)24-9-7-10-25(30)21(24)2/h3-4,7-15,26-27,29,33H,5-6,16-19H2,1-2H3. The van der Waals surface area contributed by atoms with E-state index >= 15 is 0 Å². The van der Waals surface area contributed by atoms with Gasteiger partial charge in [0.05, 0.1) is 11.5 Å². The number of hydrogen-bond donors (Lipinski definition) is 1. The highest BCUT2D eigenvalue weighted by Gasteiger charge is 2.50. The lowest BCUT2D eigenvalue weighted by molar-refractivity contribution is -0.0553. The van der Waals surface area contributed by atoms with Crippen molar-refractivity contribution in [1.29, 1.82) is 0 Å². The Bertz CT molecular complexity index is 1340. The summed E-state index contributed by atoms with van der Waals surface area (Å²) in [6.07, 6.45) is 1.68. The molecule has 0 bridgehead atoms. The minimum atomic E-state index is -3.63. The van der Waals surface area contributed by atoms with Crippen molar-refractivity contribution < 1.29 is 17.9 Å². The van der Waals surface area contributed by atoms with Crippen LogP contribution in [-0.2, 0) is 10.0 Å². The summed E-state index contributed by atoms with van der Waals surface area (Å²) in [5.41, 5.74) is 4.23. The predicted octanol–water partition coefficient (Wildman–Crippen LogP) is 4.72. The molecular formula is C29H33FN2O3S. The van der Waals surface area contributed by atoms with Crippen molar-refractivity contribution in [1.82, 2.24) is 9.21 Å².